The number of nitrogens with one attached hydrogen (secondary N) is 2. The van der Waals surface area contributed by atoms with E-state index < -0.39 is 10.0 Å². The highest BCUT2D eigenvalue weighted by molar-refractivity contribution is 7.92. The van der Waals surface area contributed by atoms with Crippen LogP contribution in [0.2, 0.25) is 5.02 Å². The summed E-state index contributed by atoms with van der Waals surface area (Å²) >= 11 is 5.94. The number of rotatable bonds is 7. The van der Waals surface area contributed by atoms with Crippen molar-refractivity contribution < 1.29 is 17.9 Å². The molecular formula is C12H17ClN2O4S. The van der Waals surface area contributed by atoms with Gasteiger partial charge in [0.05, 0.1) is 17.0 Å². The predicted octanol–water partition coefficient (Wildman–Crippen LogP) is 1.48. The fraction of sp³-hybridized carbons (Fsp3) is 0.417. The second-order valence-corrected chi connectivity index (χ2v) is 6.33. The first-order valence-electron chi connectivity index (χ1n) is 5.88. The van der Waals surface area contributed by atoms with Crippen LogP contribution in [0.4, 0.5) is 5.69 Å². The zero-order valence-electron chi connectivity index (χ0n) is 11.3. The first-order valence-corrected chi connectivity index (χ1v) is 8.15. The van der Waals surface area contributed by atoms with Crippen molar-refractivity contribution in [3.63, 3.8) is 0 Å². The van der Waals surface area contributed by atoms with Gasteiger partial charge in [-0.05, 0) is 24.6 Å². The second kappa shape index (κ2) is 7.47. The molecule has 0 radical (unpaired) electrons. The maximum Gasteiger partial charge on any atom is 0.251 e. The van der Waals surface area contributed by atoms with E-state index in [4.69, 9.17) is 16.3 Å². The molecule has 0 atom stereocenters. The van der Waals surface area contributed by atoms with E-state index in [1.54, 1.807) is 7.11 Å². The van der Waals surface area contributed by atoms with E-state index in [0.29, 0.717) is 25.1 Å². The van der Waals surface area contributed by atoms with Crippen LogP contribution in [0, 0.1) is 0 Å². The third-order valence-corrected chi connectivity index (χ3v) is 3.24. The number of hydrogen-bond donors (Lipinski definition) is 2. The molecule has 0 aliphatic carbocycles. The summed E-state index contributed by atoms with van der Waals surface area (Å²) in [4.78, 5) is 11.8. The van der Waals surface area contributed by atoms with E-state index in [-0.39, 0.29) is 16.6 Å². The lowest BCUT2D eigenvalue weighted by Gasteiger charge is -2.09. The second-order valence-electron chi connectivity index (χ2n) is 4.17. The molecule has 8 heteroatoms. The number of amides is 1. The Kier molecular flexibility index (Phi) is 6.25. The van der Waals surface area contributed by atoms with E-state index in [9.17, 15) is 13.2 Å². The van der Waals surface area contributed by atoms with Crippen LogP contribution < -0.4 is 10.0 Å². The van der Waals surface area contributed by atoms with Crippen molar-refractivity contribution in [3.05, 3.63) is 28.8 Å². The Morgan fingerprint density at radius 3 is 2.65 bits per heavy atom. The van der Waals surface area contributed by atoms with Crippen LogP contribution in [0.5, 0.6) is 0 Å². The normalized spacial score (nSPS) is 11.2. The Morgan fingerprint density at radius 2 is 2.10 bits per heavy atom. The highest BCUT2D eigenvalue weighted by atomic mass is 35.5. The molecule has 1 aromatic rings. The van der Waals surface area contributed by atoms with E-state index in [1.165, 1.54) is 18.2 Å². The van der Waals surface area contributed by atoms with Crippen molar-refractivity contribution in [3.8, 4) is 0 Å². The molecular weight excluding hydrogens is 304 g/mol. The number of carbonyl (C=O) groups is 1. The fourth-order valence-electron chi connectivity index (χ4n) is 1.46. The predicted molar refractivity (Wildman–Crippen MR) is 78.7 cm³/mol. The molecule has 0 bridgehead atoms. The number of halogens is 1. The van der Waals surface area contributed by atoms with Gasteiger partial charge in [-0.25, -0.2) is 8.42 Å². The Hall–Kier alpha value is -1.31. The van der Waals surface area contributed by atoms with Crippen LogP contribution in [0.3, 0.4) is 0 Å². The summed E-state index contributed by atoms with van der Waals surface area (Å²) < 4.78 is 29.4. The largest absolute Gasteiger partial charge is 0.385 e. The summed E-state index contributed by atoms with van der Waals surface area (Å²) in [6.45, 7) is 1.06. The van der Waals surface area contributed by atoms with Gasteiger partial charge in [-0.2, -0.15) is 0 Å². The molecule has 0 saturated carbocycles. The van der Waals surface area contributed by atoms with Crippen LogP contribution in [0.25, 0.3) is 0 Å². The molecule has 0 aliphatic rings. The zero-order valence-corrected chi connectivity index (χ0v) is 12.8. The maximum atomic E-state index is 11.8. The summed E-state index contributed by atoms with van der Waals surface area (Å²) in [7, 11) is -1.81. The average Bonchev–Trinajstić information content (AvgIpc) is 2.35. The van der Waals surface area contributed by atoms with Gasteiger partial charge in [0.2, 0.25) is 10.0 Å². The van der Waals surface area contributed by atoms with Crippen molar-refractivity contribution in [1.29, 1.82) is 0 Å². The summed E-state index contributed by atoms with van der Waals surface area (Å²) in [5.74, 6) is -0.270. The minimum absolute atomic E-state index is 0.167. The van der Waals surface area contributed by atoms with Crippen LogP contribution in [-0.2, 0) is 14.8 Å². The summed E-state index contributed by atoms with van der Waals surface area (Å²) in [6, 6.07) is 4.37. The topological polar surface area (TPSA) is 84.5 Å². The molecule has 0 saturated heterocycles. The highest BCUT2D eigenvalue weighted by Crippen LogP contribution is 2.23. The molecule has 2 N–H and O–H groups in total. The minimum atomic E-state index is -3.40. The Morgan fingerprint density at radius 1 is 1.40 bits per heavy atom. The van der Waals surface area contributed by atoms with Gasteiger partial charge in [-0.15, -0.1) is 0 Å². The van der Waals surface area contributed by atoms with Crippen molar-refractivity contribution >= 4 is 33.2 Å². The molecule has 0 aliphatic heterocycles. The molecule has 0 heterocycles. The lowest BCUT2D eigenvalue weighted by molar-refractivity contribution is 0.0948. The van der Waals surface area contributed by atoms with Gasteiger partial charge in [0.1, 0.15) is 0 Å². The molecule has 0 unspecified atom stereocenters. The molecule has 1 aromatic carbocycles. The van der Waals surface area contributed by atoms with Gasteiger partial charge < -0.3 is 10.1 Å². The van der Waals surface area contributed by atoms with Crippen molar-refractivity contribution in [2.75, 3.05) is 31.2 Å². The molecule has 20 heavy (non-hydrogen) atoms. The molecule has 0 fully saturated rings. The van der Waals surface area contributed by atoms with Gasteiger partial charge in [0, 0.05) is 25.8 Å². The van der Waals surface area contributed by atoms with E-state index in [0.717, 1.165) is 6.26 Å². The highest BCUT2D eigenvalue weighted by Gasteiger charge is 2.10. The smallest absolute Gasteiger partial charge is 0.251 e. The van der Waals surface area contributed by atoms with Gasteiger partial charge in [0.25, 0.3) is 5.91 Å². The van der Waals surface area contributed by atoms with Gasteiger partial charge in [-0.1, -0.05) is 11.6 Å². The SMILES string of the molecule is COCCCNC(=O)c1ccc(NS(C)(=O)=O)c(Cl)c1. The lowest BCUT2D eigenvalue weighted by atomic mass is 10.2. The molecule has 1 rings (SSSR count). The van der Waals surface area contributed by atoms with Gasteiger partial charge in [-0.3, -0.25) is 9.52 Å². The van der Waals surface area contributed by atoms with Crippen molar-refractivity contribution in [2.24, 2.45) is 0 Å². The minimum Gasteiger partial charge on any atom is -0.385 e. The molecule has 112 valence electrons. The van der Waals surface area contributed by atoms with E-state index in [2.05, 4.69) is 10.0 Å². The number of sulfonamides is 1. The number of carbonyl (C=O) groups excluding carboxylic acids is 1. The third-order valence-electron chi connectivity index (χ3n) is 2.34. The van der Waals surface area contributed by atoms with Crippen LogP contribution in [-0.4, -0.2) is 40.8 Å². The number of anilines is 1. The van der Waals surface area contributed by atoms with Gasteiger partial charge in [0.15, 0.2) is 0 Å². The van der Waals surface area contributed by atoms with Crippen LogP contribution in [0.1, 0.15) is 16.8 Å². The summed E-state index contributed by atoms with van der Waals surface area (Å²) in [5, 5.41) is 2.88. The van der Waals surface area contributed by atoms with E-state index in [1.807, 2.05) is 0 Å². The summed E-state index contributed by atoms with van der Waals surface area (Å²) in [6.07, 6.45) is 1.74. The number of ether oxygens (including phenoxy) is 1. The average molecular weight is 321 g/mol. The van der Waals surface area contributed by atoms with Crippen molar-refractivity contribution in [1.82, 2.24) is 5.32 Å². The third kappa shape index (κ3) is 5.77. The lowest BCUT2D eigenvalue weighted by Crippen LogP contribution is -2.25. The molecule has 1 amide bonds. The number of methoxy groups -OCH3 is 1. The molecule has 0 aromatic heterocycles. The maximum absolute atomic E-state index is 11.8. The Balaban J connectivity index is 2.69. The van der Waals surface area contributed by atoms with E-state index >= 15 is 0 Å². The standard InChI is InChI=1S/C12H17ClN2O4S/c1-19-7-3-6-14-12(16)9-4-5-11(10(13)8-9)15-20(2,17)18/h4-5,8,15H,3,6-7H2,1-2H3,(H,14,16). The molecule has 6 nitrogen and oxygen atoms in total. The summed E-state index contributed by atoms with van der Waals surface area (Å²) in [5.41, 5.74) is 0.608. The van der Waals surface area contributed by atoms with Crippen molar-refractivity contribution in [2.45, 2.75) is 6.42 Å². The zero-order chi connectivity index (χ0) is 15.2. The Labute approximate surface area is 123 Å². The fourth-order valence-corrected chi connectivity index (χ4v) is 2.32. The number of benzene rings is 1. The van der Waals surface area contributed by atoms with Crippen LogP contribution >= 0.6 is 11.6 Å². The quantitative estimate of drug-likeness (QED) is 0.745. The number of hydrogen-bond acceptors (Lipinski definition) is 4. The van der Waals surface area contributed by atoms with Gasteiger partial charge >= 0.3 is 0 Å². The monoisotopic (exact) mass is 320 g/mol. The Bertz CT molecular complexity index is 575. The first-order chi connectivity index (χ1) is 9.33. The van der Waals surface area contributed by atoms with Crippen LogP contribution in [0.15, 0.2) is 18.2 Å². The first kappa shape index (κ1) is 16.7. The molecule has 0 spiro atoms.